The number of rotatable bonds is 7. The molecule has 0 saturated carbocycles. The number of hydrogen-bond donors (Lipinski definition) is 2. The summed E-state index contributed by atoms with van der Waals surface area (Å²) in [6, 6.07) is 16.3. The molecular formula is C17H22N2O. The highest BCUT2D eigenvalue weighted by Gasteiger charge is 2.01. The Kier molecular flexibility index (Phi) is 5.30. The zero-order valence-corrected chi connectivity index (χ0v) is 11.9. The van der Waals surface area contributed by atoms with Crippen molar-refractivity contribution in [3.05, 3.63) is 54.1 Å². The summed E-state index contributed by atoms with van der Waals surface area (Å²) in [6.07, 6.45) is 2.08. The summed E-state index contributed by atoms with van der Waals surface area (Å²) < 4.78 is 5.44. The molecule has 0 amide bonds. The Labute approximate surface area is 120 Å². The van der Waals surface area contributed by atoms with Gasteiger partial charge in [0.15, 0.2) is 0 Å². The van der Waals surface area contributed by atoms with Gasteiger partial charge in [0.05, 0.1) is 12.3 Å². The first-order chi connectivity index (χ1) is 9.79. The van der Waals surface area contributed by atoms with E-state index in [2.05, 4.69) is 23.5 Å². The molecule has 0 bridgehead atoms. The average Bonchev–Trinajstić information content (AvgIpc) is 2.48. The van der Waals surface area contributed by atoms with Crippen LogP contribution in [0.4, 0.5) is 11.4 Å². The first kappa shape index (κ1) is 14.3. The summed E-state index contributed by atoms with van der Waals surface area (Å²) in [5.41, 5.74) is 9.10. The zero-order chi connectivity index (χ0) is 14.2. The normalized spacial score (nSPS) is 10.2. The van der Waals surface area contributed by atoms with Gasteiger partial charge in [0.2, 0.25) is 0 Å². The lowest BCUT2D eigenvalue weighted by molar-refractivity contribution is 0.342. The summed E-state index contributed by atoms with van der Waals surface area (Å²) in [6.45, 7) is 3.56. The fourth-order valence-electron chi connectivity index (χ4n) is 2.12. The first-order valence-electron chi connectivity index (χ1n) is 7.09. The van der Waals surface area contributed by atoms with Crippen LogP contribution in [0.3, 0.4) is 0 Å². The monoisotopic (exact) mass is 270 g/mol. The molecule has 0 atom stereocenters. The lowest BCUT2D eigenvalue weighted by Crippen LogP contribution is -2.03. The SMILES string of the molecule is CCOc1ccc(CCCNc2ccccc2)cc1N. The molecule has 0 aliphatic rings. The smallest absolute Gasteiger partial charge is 0.142 e. The van der Waals surface area contributed by atoms with Crippen molar-refractivity contribution in [1.29, 1.82) is 0 Å². The Balaban J connectivity index is 1.78. The summed E-state index contributed by atoms with van der Waals surface area (Å²) in [7, 11) is 0. The Bertz CT molecular complexity index is 526. The van der Waals surface area contributed by atoms with Gasteiger partial charge in [0, 0.05) is 12.2 Å². The lowest BCUT2D eigenvalue weighted by atomic mass is 10.1. The fraction of sp³-hybridized carbons (Fsp3) is 0.294. The third-order valence-electron chi connectivity index (χ3n) is 3.12. The van der Waals surface area contributed by atoms with E-state index in [0.717, 1.165) is 30.8 Å². The largest absolute Gasteiger partial charge is 0.492 e. The van der Waals surface area contributed by atoms with Gasteiger partial charge >= 0.3 is 0 Å². The van der Waals surface area contributed by atoms with Crippen molar-refractivity contribution in [3.63, 3.8) is 0 Å². The van der Waals surface area contributed by atoms with E-state index in [1.165, 1.54) is 11.3 Å². The maximum Gasteiger partial charge on any atom is 0.142 e. The number of anilines is 2. The molecule has 0 aliphatic carbocycles. The quantitative estimate of drug-likeness (QED) is 0.595. The maximum atomic E-state index is 5.96. The number of nitrogen functional groups attached to an aromatic ring is 1. The number of ether oxygens (including phenoxy) is 1. The van der Waals surface area contributed by atoms with Crippen LogP contribution in [0.1, 0.15) is 18.9 Å². The number of hydrogen-bond acceptors (Lipinski definition) is 3. The molecule has 2 aromatic carbocycles. The van der Waals surface area contributed by atoms with E-state index >= 15 is 0 Å². The van der Waals surface area contributed by atoms with Crippen LogP contribution in [0.25, 0.3) is 0 Å². The van der Waals surface area contributed by atoms with Crippen LogP contribution in [-0.2, 0) is 6.42 Å². The zero-order valence-electron chi connectivity index (χ0n) is 11.9. The van der Waals surface area contributed by atoms with Crippen molar-refractivity contribution in [2.75, 3.05) is 24.2 Å². The Morgan fingerprint density at radius 1 is 1.10 bits per heavy atom. The molecule has 0 fully saturated rings. The van der Waals surface area contributed by atoms with Gasteiger partial charge in [0.1, 0.15) is 5.75 Å². The second-order valence-electron chi connectivity index (χ2n) is 4.70. The van der Waals surface area contributed by atoms with E-state index < -0.39 is 0 Å². The second-order valence-corrected chi connectivity index (χ2v) is 4.70. The van der Waals surface area contributed by atoms with E-state index in [1.54, 1.807) is 0 Å². The molecular weight excluding hydrogens is 248 g/mol. The molecule has 0 radical (unpaired) electrons. The molecule has 3 nitrogen and oxygen atoms in total. The van der Waals surface area contributed by atoms with Crippen LogP contribution in [0.2, 0.25) is 0 Å². The Morgan fingerprint density at radius 3 is 2.60 bits per heavy atom. The summed E-state index contributed by atoms with van der Waals surface area (Å²) in [5.74, 6) is 0.777. The van der Waals surface area contributed by atoms with Crippen molar-refractivity contribution in [1.82, 2.24) is 0 Å². The van der Waals surface area contributed by atoms with Crippen molar-refractivity contribution >= 4 is 11.4 Å². The van der Waals surface area contributed by atoms with E-state index in [-0.39, 0.29) is 0 Å². The van der Waals surface area contributed by atoms with Gasteiger partial charge < -0.3 is 15.8 Å². The van der Waals surface area contributed by atoms with Crippen LogP contribution in [-0.4, -0.2) is 13.2 Å². The number of nitrogens with two attached hydrogens (primary N) is 1. The van der Waals surface area contributed by atoms with Gasteiger partial charge in [-0.05, 0) is 49.6 Å². The van der Waals surface area contributed by atoms with Crippen molar-refractivity contribution in [2.24, 2.45) is 0 Å². The predicted octanol–water partition coefficient (Wildman–Crippen LogP) is 3.71. The van der Waals surface area contributed by atoms with Gasteiger partial charge in [-0.25, -0.2) is 0 Å². The Morgan fingerprint density at radius 2 is 1.90 bits per heavy atom. The van der Waals surface area contributed by atoms with Gasteiger partial charge in [-0.3, -0.25) is 0 Å². The van der Waals surface area contributed by atoms with Crippen molar-refractivity contribution < 1.29 is 4.74 Å². The standard InChI is InChI=1S/C17H22N2O/c1-2-20-17-11-10-14(13-16(17)18)7-6-12-19-15-8-4-3-5-9-15/h3-5,8-11,13,19H,2,6-7,12,18H2,1H3. The highest BCUT2D eigenvalue weighted by Crippen LogP contribution is 2.23. The van der Waals surface area contributed by atoms with Gasteiger partial charge in [-0.15, -0.1) is 0 Å². The maximum absolute atomic E-state index is 5.96. The molecule has 106 valence electrons. The first-order valence-corrected chi connectivity index (χ1v) is 7.09. The highest BCUT2D eigenvalue weighted by molar-refractivity contribution is 5.54. The van der Waals surface area contributed by atoms with Crippen LogP contribution in [0.5, 0.6) is 5.75 Å². The third kappa shape index (κ3) is 4.19. The molecule has 0 saturated heterocycles. The minimum Gasteiger partial charge on any atom is -0.492 e. The van der Waals surface area contributed by atoms with Crippen LogP contribution in [0.15, 0.2) is 48.5 Å². The van der Waals surface area contributed by atoms with Crippen LogP contribution >= 0.6 is 0 Å². The van der Waals surface area contributed by atoms with Gasteiger partial charge in [-0.2, -0.15) is 0 Å². The minimum absolute atomic E-state index is 0.643. The Hall–Kier alpha value is -2.16. The molecule has 0 heterocycles. The number of aryl methyl sites for hydroxylation is 1. The second kappa shape index (κ2) is 7.43. The predicted molar refractivity (Wildman–Crippen MR) is 85.3 cm³/mol. The molecule has 20 heavy (non-hydrogen) atoms. The van der Waals surface area contributed by atoms with Gasteiger partial charge in [-0.1, -0.05) is 24.3 Å². The molecule has 3 N–H and O–H groups in total. The minimum atomic E-state index is 0.643. The topological polar surface area (TPSA) is 47.3 Å². The molecule has 2 rings (SSSR count). The molecule has 2 aromatic rings. The molecule has 0 aliphatic heterocycles. The summed E-state index contributed by atoms with van der Waals surface area (Å²) >= 11 is 0. The van der Waals surface area contributed by atoms with Crippen molar-refractivity contribution in [3.8, 4) is 5.75 Å². The lowest BCUT2D eigenvalue weighted by Gasteiger charge is -2.09. The van der Waals surface area contributed by atoms with Crippen LogP contribution in [0, 0.1) is 0 Å². The van der Waals surface area contributed by atoms with Crippen LogP contribution < -0.4 is 15.8 Å². The van der Waals surface area contributed by atoms with Crippen molar-refractivity contribution in [2.45, 2.75) is 19.8 Å². The molecule has 0 unspecified atom stereocenters. The molecule has 3 heteroatoms. The summed E-state index contributed by atoms with van der Waals surface area (Å²) in [4.78, 5) is 0. The van der Waals surface area contributed by atoms with E-state index in [0.29, 0.717) is 6.61 Å². The fourth-order valence-corrected chi connectivity index (χ4v) is 2.12. The number of nitrogens with one attached hydrogen (secondary N) is 1. The number of para-hydroxylation sites is 1. The van der Waals surface area contributed by atoms with E-state index in [1.807, 2.05) is 37.3 Å². The highest BCUT2D eigenvalue weighted by atomic mass is 16.5. The van der Waals surface area contributed by atoms with Gasteiger partial charge in [0.25, 0.3) is 0 Å². The third-order valence-corrected chi connectivity index (χ3v) is 3.12. The molecule has 0 aromatic heterocycles. The average molecular weight is 270 g/mol. The number of benzene rings is 2. The summed E-state index contributed by atoms with van der Waals surface area (Å²) in [5, 5.41) is 3.41. The molecule has 0 spiro atoms. The van der Waals surface area contributed by atoms with E-state index in [4.69, 9.17) is 10.5 Å². The van der Waals surface area contributed by atoms with E-state index in [9.17, 15) is 0 Å².